The molecule has 0 spiro atoms. The Balaban J connectivity index is 0.00000205. The van der Waals surface area contributed by atoms with E-state index in [1.807, 2.05) is 36.4 Å². The van der Waals surface area contributed by atoms with Gasteiger partial charge < -0.3 is 20.1 Å². The number of rotatable bonds is 1. The number of allylic oxidation sites excluding steroid dienone is 1. The number of anilines is 2. The van der Waals surface area contributed by atoms with E-state index in [9.17, 15) is 4.79 Å². The van der Waals surface area contributed by atoms with Crippen LogP contribution in [-0.2, 0) is 4.79 Å². The number of hydrogen-bond donors (Lipinski definition) is 2. The molecule has 0 saturated carbocycles. The summed E-state index contributed by atoms with van der Waals surface area (Å²) in [4.78, 5) is 13.3. The molecule has 2 aliphatic heterocycles. The molecule has 29 heavy (non-hydrogen) atoms. The van der Waals surface area contributed by atoms with E-state index >= 15 is 0 Å². The number of carbonyl (C=O) groups excluding carboxylic acids is 1. The van der Waals surface area contributed by atoms with Crippen LogP contribution < -0.4 is 20.1 Å². The Morgan fingerprint density at radius 1 is 1.07 bits per heavy atom. The van der Waals surface area contributed by atoms with Crippen LogP contribution in [0.4, 0.5) is 11.4 Å². The van der Waals surface area contributed by atoms with Crippen molar-refractivity contribution in [2.24, 2.45) is 5.41 Å². The summed E-state index contributed by atoms with van der Waals surface area (Å²) in [5.41, 5.74) is 4.64. The van der Waals surface area contributed by atoms with Crippen LogP contribution in [0, 0.1) is 5.41 Å². The van der Waals surface area contributed by atoms with Gasteiger partial charge in [0.25, 0.3) is 0 Å². The lowest BCUT2D eigenvalue weighted by Crippen LogP contribution is -2.31. The predicted molar refractivity (Wildman–Crippen MR) is 119 cm³/mol. The summed E-state index contributed by atoms with van der Waals surface area (Å²) in [6.45, 7) is 4.51. The Labute approximate surface area is 184 Å². The van der Waals surface area contributed by atoms with E-state index in [0.29, 0.717) is 17.9 Å². The number of hydrogen-bond acceptors (Lipinski definition) is 5. The number of carbonyl (C=O) groups is 1. The van der Waals surface area contributed by atoms with Gasteiger partial charge in [0.2, 0.25) is 6.79 Å². The van der Waals surface area contributed by atoms with Crippen molar-refractivity contribution in [1.29, 1.82) is 0 Å². The molecule has 2 N–H and O–H groups in total. The van der Waals surface area contributed by atoms with Crippen molar-refractivity contribution in [1.82, 2.24) is 0 Å². The SMILES string of the molecule is CC1(C)CC(=O)C2=C(C1)Nc1ccccc1NC2c1cc2c(cc1Br)OCO2.Cl. The van der Waals surface area contributed by atoms with Gasteiger partial charge in [-0.3, -0.25) is 4.79 Å². The maximum atomic E-state index is 13.3. The van der Waals surface area contributed by atoms with Gasteiger partial charge in [-0.1, -0.05) is 41.9 Å². The molecule has 5 rings (SSSR count). The zero-order valence-corrected chi connectivity index (χ0v) is 18.6. The molecule has 7 heteroatoms. The smallest absolute Gasteiger partial charge is 0.231 e. The van der Waals surface area contributed by atoms with Crippen molar-refractivity contribution in [3.8, 4) is 11.5 Å². The van der Waals surface area contributed by atoms with E-state index in [0.717, 1.165) is 39.1 Å². The number of ether oxygens (including phenoxy) is 2. The maximum Gasteiger partial charge on any atom is 0.231 e. The quantitative estimate of drug-likeness (QED) is 0.542. The first-order chi connectivity index (χ1) is 13.4. The number of fused-ring (bicyclic) bond motifs is 2. The van der Waals surface area contributed by atoms with Crippen LogP contribution >= 0.6 is 28.3 Å². The summed E-state index contributed by atoms with van der Waals surface area (Å²) in [6, 6.07) is 11.7. The number of benzene rings is 2. The predicted octanol–water partition coefficient (Wildman–Crippen LogP) is 5.82. The number of para-hydroxylation sites is 2. The van der Waals surface area contributed by atoms with Crippen LogP contribution in [0.15, 0.2) is 52.1 Å². The van der Waals surface area contributed by atoms with Crippen LogP contribution in [0.25, 0.3) is 0 Å². The lowest BCUT2D eigenvalue weighted by molar-refractivity contribution is -0.118. The van der Waals surface area contributed by atoms with Crippen molar-refractivity contribution in [3.05, 3.63) is 57.7 Å². The van der Waals surface area contributed by atoms with Crippen LogP contribution in [-0.4, -0.2) is 12.6 Å². The zero-order chi connectivity index (χ0) is 19.5. The summed E-state index contributed by atoms with van der Waals surface area (Å²) >= 11 is 3.68. The molecule has 0 saturated heterocycles. The third-order valence-corrected chi connectivity index (χ3v) is 6.21. The first-order valence-corrected chi connectivity index (χ1v) is 10.2. The molecule has 5 nitrogen and oxygen atoms in total. The Hall–Kier alpha value is -2.18. The fourth-order valence-corrected chi connectivity index (χ4v) is 4.83. The lowest BCUT2D eigenvalue weighted by atomic mass is 9.73. The van der Waals surface area contributed by atoms with Gasteiger partial charge >= 0.3 is 0 Å². The van der Waals surface area contributed by atoms with Gasteiger partial charge in [-0.15, -0.1) is 12.4 Å². The molecule has 0 amide bonds. The lowest BCUT2D eigenvalue weighted by Gasteiger charge is -2.34. The highest BCUT2D eigenvalue weighted by atomic mass is 79.9. The Morgan fingerprint density at radius 3 is 2.52 bits per heavy atom. The zero-order valence-electron chi connectivity index (χ0n) is 16.2. The van der Waals surface area contributed by atoms with E-state index in [2.05, 4.69) is 40.4 Å². The summed E-state index contributed by atoms with van der Waals surface area (Å²) < 4.78 is 12.0. The highest BCUT2D eigenvalue weighted by molar-refractivity contribution is 9.10. The van der Waals surface area contributed by atoms with E-state index in [-0.39, 0.29) is 36.4 Å². The van der Waals surface area contributed by atoms with Gasteiger partial charge in [0.15, 0.2) is 17.3 Å². The van der Waals surface area contributed by atoms with Crippen molar-refractivity contribution < 1.29 is 14.3 Å². The molecule has 1 aliphatic carbocycles. The van der Waals surface area contributed by atoms with Gasteiger partial charge in [-0.2, -0.15) is 0 Å². The van der Waals surface area contributed by atoms with Crippen molar-refractivity contribution in [2.75, 3.05) is 17.4 Å². The molecule has 0 bridgehead atoms. The second-order valence-electron chi connectivity index (χ2n) is 8.31. The average molecular weight is 478 g/mol. The fraction of sp³-hybridized carbons (Fsp3) is 0.318. The molecule has 1 unspecified atom stereocenters. The normalized spacial score (nSPS) is 21.2. The van der Waals surface area contributed by atoms with Gasteiger partial charge in [0.05, 0.1) is 17.4 Å². The van der Waals surface area contributed by atoms with Gasteiger partial charge in [0, 0.05) is 22.2 Å². The second-order valence-corrected chi connectivity index (χ2v) is 9.16. The van der Waals surface area contributed by atoms with E-state index in [1.165, 1.54) is 0 Å². The fourth-order valence-electron chi connectivity index (χ4n) is 4.28. The molecular formula is C22H22BrClN2O3. The molecule has 3 aliphatic rings. The van der Waals surface area contributed by atoms with Crippen molar-refractivity contribution in [3.63, 3.8) is 0 Å². The van der Waals surface area contributed by atoms with E-state index in [1.54, 1.807) is 0 Å². The minimum absolute atomic E-state index is 0. The van der Waals surface area contributed by atoms with Crippen molar-refractivity contribution in [2.45, 2.75) is 32.7 Å². The Morgan fingerprint density at radius 2 is 1.76 bits per heavy atom. The number of halogens is 2. The summed E-state index contributed by atoms with van der Waals surface area (Å²) in [5, 5.41) is 7.14. The van der Waals surface area contributed by atoms with Crippen molar-refractivity contribution >= 4 is 45.5 Å². The molecule has 0 fully saturated rings. The van der Waals surface area contributed by atoms with Crippen LogP contribution in [0.2, 0.25) is 0 Å². The number of Topliss-reactive ketones (excluding diaryl/α,β-unsaturated/α-hetero) is 1. The highest BCUT2D eigenvalue weighted by Gasteiger charge is 2.39. The van der Waals surface area contributed by atoms with Gasteiger partial charge in [0.1, 0.15) is 0 Å². The first kappa shape index (κ1) is 20.1. The first-order valence-electron chi connectivity index (χ1n) is 9.39. The molecule has 2 aromatic rings. The molecule has 2 aromatic carbocycles. The Bertz CT molecular complexity index is 1030. The minimum atomic E-state index is -0.279. The van der Waals surface area contributed by atoms with Crippen LogP contribution in [0.1, 0.15) is 38.3 Å². The third kappa shape index (κ3) is 3.49. The van der Waals surface area contributed by atoms with Crippen LogP contribution in [0.3, 0.4) is 0 Å². The standard InChI is InChI=1S/C22H21BrN2O3.ClH/c1-22(2)9-16-20(17(26)10-22)21(25-15-6-4-3-5-14(15)24-16)12-7-18-19(8-13(12)23)28-11-27-18;/h3-8,21,24-25H,9-11H2,1-2H3;1H. The monoisotopic (exact) mass is 476 g/mol. The van der Waals surface area contributed by atoms with Gasteiger partial charge in [-0.05, 0) is 41.7 Å². The van der Waals surface area contributed by atoms with Gasteiger partial charge in [-0.25, -0.2) is 0 Å². The number of nitrogens with one attached hydrogen (secondary N) is 2. The van der Waals surface area contributed by atoms with Crippen LogP contribution in [0.5, 0.6) is 11.5 Å². The molecule has 2 heterocycles. The molecule has 152 valence electrons. The highest BCUT2D eigenvalue weighted by Crippen LogP contribution is 2.48. The summed E-state index contributed by atoms with van der Waals surface area (Å²) in [7, 11) is 0. The Kier molecular flexibility index (Phi) is 5.03. The minimum Gasteiger partial charge on any atom is -0.454 e. The number of ketones is 1. The second kappa shape index (κ2) is 7.26. The molecular weight excluding hydrogens is 456 g/mol. The topological polar surface area (TPSA) is 59.6 Å². The average Bonchev–Trinajstić information content (AvgIpc) is 3.00. The largest absolute Gasteiger partial charge is 0.454 e. The van der Waals surface area contributed by atoms with E-state index in [4.69, 9.17) is 9.47 Å². The van der Waals surface area contributed by atoms with E-state index < -0.39 is 0 Å². The molecule has 0 aromatic heterocycles. The summed E-state index contributed by atoms with van der Waals surface area (Å²) in [6.07, 6.45) is 1.35. The summed E-state index contributed by atoms with van der Waals surface area (Å²) in [5.74, 6) is 1.60. The third-order valence-electron chi connectivity index (χ3n) is 5.52. The molecule has 1 atom stereocenters. The maximum absolute atomic E-state index is 13.3. The molecule has 0 radical (unpaired) electrons.